The standard InChI is InChI=1S/C10H16BrN3S/c1-6-8(11)9(12)14-7(13-6)5-15-10(2,3)4/h5H2,1-4H3,(H2,12,13,14). The number of rotatable bonds is 2. The summed E-state index contributed by atoms with van der Waals surface area (Å²) < 4.78 is 1.02. The molecule has 0 aliphatic carbocycles. The van der Waals surface area contributed by atoms with Crippen molar-refractivity contribution in [3.63, 3.8) is 0 Å². The van der Waals surface area contributed by atoms with Gasteiger partial charge in [0.1, 0.15) is 11.6 Å². The van der Waals surface area contributed by atoms with Gasteiger partial charge in [0.15, 0.2) is 0 Å². The van der Waals surface area contributed by atoms with E-state index in [2.05, 4.69) is 46.7 Å². The first-order chi connectivity index (χ1) is 6.79. The van der Waals surface area contributed by atoms with Crippen LogP contribution in [0.5, 0.6) is 0 Å². The Morgan fingerprint density at radius 3 is 2.40 bits per heavy atom. The molecule has 1 rings (SSSR count). The summed E-state index contributed by atoms with van der Waals surface area (Å²) in [7, 11) is 0. The van der Waals surface area contributed by atoms with Crippen molar-refractivity contribution in [2.24, 2.45) is 0 Å². The number of hydrogen-bond acceptors (Lipinski definition) is 4. The highest BCUT2D eigenvalue weighted by molar-refractivity contribution is 9.10. The van der Waals surface area contributed by atoms with Gasteiger partial charge in [-0.25, -0.2) is 9.97 Å². The molecule has 0 atom stereocenters. The molecule has 15 heavy (non-hydrogen) atoms. The highest BCUT2D eigenvalue weighted by Gasteiger charge is 2.13. The minimum absolute atomic E-state index is 0.221. The first kappa shape index (κ1) is 12.8. The Morgan fingerprint density at radius 2 is 1.93 bits per heavy atom. The molecule has 0 amide bonds. The first-order valence-electron chi connectivity index (χ1n) is 4.72. The fraction of sp³-hybridized carbons (Fsp3) is 0.600. The Labute approximate surface area is 103 Å². The van der Waals surface area contributed by atoms with Crippen LogP contribution in [0.3, 0.4) is 0 Å². The second-order valence-electron chi connectivity index (χ2n) is 4.33. The van der Waals surface area contributed by atoms with Crippen LogP contribution in [0.1, 0.15) is 32.3 Å². The van der Waals surface area contributed by atoms with Gasteiger partial charge in [-0.1, -0.05) is 20.8 Å². The lowest BCUT2D eigenvalue weighted by Gasteiger charge is -2.17. The van der Waals surface area contributed by atoms with Crippen molar-refractivity contribution in [1.29, 1.82) is 0 Å². The zero-order valence-electron chi connectivity index (χ0n) is 9.47. The zero-order chi connectivity index (χ0) is 11.6. The Hall–Kier alpha value is -0.290. The second-order valence-corrected chi connectivity index (χ2v) is 6.92. The molecule has 0 aliphatic heterocycles. The van der Waals surface area contributed by atoms with Crippen molar-refractivity contribution in [3.05, 3.63) is 16.0 Å². The van der Waals surface area contributed by atoms with Crippen LogP contribution in [0.15, 0.2) is 4.47 Å². The van der Waals surface area contributed by atoms with Crippen LogP contribution in [0.4, 0.5) is 5.82 Å². The Balaban J connectivity index is 2.80. The number of nitrogens with zero attached hydrogens (tertiary/aromatic N) is 2. The van der Waals surface area contributed by atoms with Gasteiger partial charge in [-0.2, -0.15) is 0 Å². The van der Waals surface area contributed by atoms with E-state index in [4.69, 9.17) is 5.73 Å². The summed E-state index contributed by atoms with van der Waals surface area (Å²) in [5, 5.41) is 0. The molecule has 2 N–H and O–H groups in total. The maximum absolute atomic E-state index is 5.75. The van der Waals surface area contributed by atoms with Gasteiger partial charge in [-0.3, -0.25) is 0 Å². The molecule has 1 aromatic rings. The number of hydrogen-bond donors (Lipinski definition) is 1. The fourth-order valence-electron chi connectivity index (χ4n) is 0.987. The van der Waals surface area contributed by atoms with E-state index in [1.54, 1.807) is 0 Å². The Kier molecular flexibility index (Phi) is 4.00. The molecule has 1 aromatic heterocycles. The Morgan fingerprint density at radius 1 is 1.33 bits per heavy atom. The predicted molar refractivity (Wildman–Crippen MR) is 69.9 cm³/mol. The average molecular weight is 290 g/mol. The van der Waals surface area contributed by atoms with E-state index in [0.29, 0.717) is 5.82 Å². The number of anilines is 1. The molecule has 3 nitrogen and oxygen atoms in total. The SMILES string of the molecule is Cc1nc(CSC(C)(C)C)nc(N)c1Br. The van der Waals surface area contributed by atoms with Crippen molar-refractivity contribution >= 4 is 33.5 Å². The summed E-state index contributed by atoms with van der Waals surface area (Å²) >= 11 is 5.16. The topological polar surface area (TPSA) is 51.8 Å². The van der Waals surface area contributed by atoms with Crippen molar-refractivity contribution in [2.75, 3.05) is 5.73 Å². The summed E-state index contributed by atoms with van der Waals surface area (Å²) in [6.07, 6.45) is 0. The van der Waals surface area contributed by atoms with E-state index in [0.717, 1.165) is 21.7 Å². The summed E-state index contributed by atoms with van der Waals surface area (Å²) in [5.41, 5.74) is 6.65. The van der Waals surface area contributed by atoms with Crippen molar-refractivity contribution in [1.82, 2.24) is 9.97 Å². The van der Waals surface area contributed by atoms with Gasteiger partial charge in [0, 0.05) is 4.75 Å². The highest BCUT2D eigenvalue weighted by atomic mass is 79.9. The molecular formula is C10H16BrN3S. The minimum atomic E-state index is 0.221. The van der Waals surface area contributed by atoms with Gasteiger partial charge in [-0.05, 0) is 22.9 Å². The number of halogens is 1. The summed E-state index contributed by atoms with van der Waals surface area (Å²) in [6, 6.07) is 0. The normalized spacial score (nSPS) is 11.8. The summed E-state index contributed by atoms with van der Waals surface area (Å²) in [4.78, 5) is 8.61. The predicted octanol–water partition coefficient (Wildman–Crippen LogP) is 3.16. The van der Waals surface area contributed by atoms with Gasteiger partial charge >= 0.3 is 0 Å². The van der Waals surface area contributed by atoms with Crippen LogP contribution >= 0.6 is 27.7 Å². The van der Waals surface area contributed by atoms with Crippen LogP contribution in [-0.2, 0) is 5.75 Å². The maximum atomic E-state index is 5.75. The fourth-order valence-corrected chi connectivity index (χ4v) is 1.86. The van der Waals surface area contributed by atoms with Crippen LogP contribution in [0.2, 0.25) is 0 Å². The second kappa shape index (κ2) is 4.70. The van der Waals surface area contributed by atoms with E-state index in [-0.39, 0.29) is 4.75 Å². The quantitative estimate of drug-likeness (QED) is 0.909. The van der Waals surface area contributed by atoms with E-state index < -0.39 is 0 Å². The van der Waals surface area contributed by atoms with E-state index in [1.165, 1.54) is 0 Å². The smallest absolute Gasteiger partial charge is 0.141 e. The van der Waals surface area contributed by atoms with E-state index in [1.807, 2.05) is 18.7 Å². The van der Waals surface area contributed by atoms with Crippen molar-refractivity contribution in [3.8, 4) is 0 Å². The van der Waals surface area contributed by atoms with E-state index in [9.17, 15) is 0 Å². The lowest BCUT2D eigenvalue weighted by Crippen LogP contribution is -2.09. The molecule has 0 fully saturated rings. The molecule has 0 unspecified atom stereocenters. The zero-order valence-corrected chi connectivity index (χ0v) is 11.9. The first-order valence-corrected chi connectivity index (χ1v) is 6.50. The third-order valence-corrected chi connectivity index (χ3v) is 3.97. The number of nitrogens with two attached hydrogens (primary N) is 1. The van der Waals surface area contributed by atoms with Gasteiger partial charge in [0.25, 0.3) is 0 Å². The molecule has 0 radical (unpaired) electrons. The third kappa shape index (κ3) is 3.99. The molecule has 0 saturated heterocycles. The molecule has 1 heterocycles. The highest BCUT2D eigenvalue weighted by Crippen LogP contribution is 2.27. The van der Waals surface area contributed by atoms with Crippen LogP contribution in [0, 0.1) is 6.92 Å². The molecule has 84 valence electrons. The Bertz CT molecular complexity index is 337. The van der Waals surface area contributed by atoms with Crippen LogP contribution in [0.25, 0.3) is 0 Å². The molecule has 5 heteroatoms. The number of aromatic nitrogens is 2. The summed E-state index contributed by atoms with van der Waals surface area (Å²) in [5.74, 6) is 2.11. The largest absolute Gasteiger partial charge is 0.383 e. The lowest BCUT2D eigenvalue weighted by molar-refractivity contribution is 0.799. The average Bonchev–Trinajstić information content (AvgIpc) is 2.09. The molecule has 0 spiro atoms. The van der Waals surface area contributed by atoms with Gasteiger partial charge in [-0.15, -0.1) is 11.8 Å². The monoisotopic (exact) mass is 289 g/mol. The van der Waals surface area contributed by atoms with Gasteiger partial charge in [0.2, 0.25) is 0 Å². The van der Waals surface area contributed by atoms with Crippen LogP contribution < -0.4 is 5.73 Å². The van der Waals surface area contributed by atoms with Gasteiger partial charge in [0.05, 0.1) is 15.9 Å². The lowest BCUT2D eigenvalue weighted by atomic mass is 10.3. The van der Waals surface area contributed by atoms with E-state index >= 15 is 0 Å². The molecule has 0 saturated carbocycles. The molecule has 0 bridgehead atoms. The van der Waals surface area contributed by atoms with Crippen molar-refractivity contribution in [2.45, 2.75) is 38.2 Å². The number of aryl methyl sites for hydroxylation is 1. The molecule has 0 aliphatic rings. The number of thioether (sulfide) groups is 1. The third-order valence-electron chi connectivity index (χ3n) is 1.72. The van der Waals surface area contributed by atoms with Crippen molar-refractivity contribution < 1.29 is 0 Å². The minimum Gasteiger partial charge on any atom is -0.383 e. The van der Waals surface area contributed by atoms with Crippen LogP contribution in [-0.4, -0.2) is 14.7 Å². The molecular weight excluding hydrogens is 274 g/mol. The summed E-state index contributed by atoms with van der Waals surface area (Å²) in [6.45, 7) is 8.44. The van der Waals surface area contributed by atoms with Gasteiger partial charge < -0.3 is 5.73 Å². The number of nitrogen functional groups attached to an aromatic ring is 1. The molecule has 0 aromatic carbocycles. The maximum Gasteiger partial charge on any atom is 0.141 e.